The molecule has 2 heterocycles. The van der Waals surface area contributed by atoms with Gasteiger partial charge in [-0.2, -0.15) is 0 Å². The summed E-state index contributed by atoms with van der Waals surface area (Å²) in [5.74, 6) is 0.122. The standard InChI is InChI=1S/C12H21N3O2/c1-2-9-5-3-4-6-15(9)12(17)10-7-14-11(16)8-13-10/h9-10,13H,2-8H2,1H3,(H,14,16). The lowest BCUT2D eigenvalue weighted by Crippen LogP contribution is -2.60. The van der Waals surface area contributed by atoms with E-state index in [4.69, 9.17) is 0 Å². The molecule has 0 aromatic heterocycles. The van der Waals surface area contributed by atoms with E-state index in [1.165, 1.54) is 6.42 Å². The van der Waals surface area contributed by atoms with Gasteiger partial charge in [-0.3, -0.25) is 14.9 Å². The van der Waals surface area contributed by atoms with Gasteiger partial charge < -0.3 is 10.2 Å². The summed E-state index contributed by atoms with van der Waals surface area (Å²) in [7, 11) is 0. The van der Waals surface area contributed by atoms with E-state index < -0.39 is 0 Å². The third-order valence-electron chi connectivity index (χ3n) is 3.69. The Labute approximate surface area is 102 Å². The van der Waals surface area contributed by atoms with Gasteiger partial charge in [-0.1, -0.05) is 6.92 Å². The molecule has 0 aromatic rings. The molecule has 5 heteroatoms. The fraction of sp³-hybridized carbons (Fsp3) is 0.833. The molecule has 2 saturated heterocycles. The van der Waals surface area contributed by atoms with Crippen LogP contribution in [-0.4, -0.2) is 48.4 Å². The van der Waals surface area contributed by atoms with Crippen LogP contribution in [0.2, 0.25) is 0 Å². The molecule has 5 nitrogen and oxygen atoms in total. The highest BCUT2D eigenvalue weighted by Gasteiger charge is 2.32. The Morgan fingerprint density at radius 1 is 1.47 bits per heavy atom. The first-order valence-corrected chi connectivity index (χ1v) is 6.53. The Bertz CT molecular complexity index is 296. The lowest BCUT2D eigenvalue weighted by Gasteiger charge is -2.38. The second-order valence-corrected chi connectivity index (χ2v) is 4.83. The summed E-state index contributed by atoms with van der Waals surface area (Å²) in [6, 6.07) is 0.149. The second kappa shape index (κ2) is 5.49. The molecule has 96 valence electrons. The summed E-state index contributed by atoms with van der Waals surface area (Å²) in [5, 5.41) is 5.74. The van der Waals surface area contributed by atoms with Crippen LogP contribution in [0.3, 0.4) is 0 Å². The van der Waals surface area contributed by atoms with Crippen LogP contribution in [0.15, 0.2) is 0 Å². The molecule has 17 heavy (non-hydrogen) atoms. The molecule has 0 aliphatic carbocycles. The van der Waals surface area contributed by atoms with Gasteiger partial charge in [0.1, 0.15) is 6.04 Å². The topological polar surface area (TPSA) is 61.4 Å². The molecule has 0 saturated carbocycles. The summed E-state index contributed by atoms with van der Waals surface area (Å²) in [4.78, 5) is 25.4. The van der Waals surface area contributed by atoms with Crippen LogP contribution in [0.4, 0.5) is 0 Å². The second-order valence-electron chi connectivity index (χ2n) is 4.83. The highest BCUT2D eigenvalue weighted by Crippen LogP contribution is 2.20. The fourth-order valence-electron chi connectivity index (χ4n) is 2.66. The minimum atomic E-state index is -0.236. The monoisotopic (exact) mass is 239 g/mol. The average molecular weight is 239 g/mol. The van der Waals surface area contributed by atoms with Crippen molar-refractivity contribution < 1.29 is 9.59 Å². The van der Waals surface area contributed by atoms with Crippen molar-refractivity contribution in [2.45, 2.75) is 44.7 Å². The summed E-state index contributed by atoms with van der Waals surface area (Å²) in [6.07, 6.45) is 4.45. The Balaban J connectivity index is 1.95. The summed E-state index contributed by atoms with van der Waals surface area (Å²) in [5.41, 5.74) is 0. The van der Waals surface area contributed by atoms with Gasteiger partial charge in [-0.05, 0) is 25.7 Å². The Morgan fingerprint density at radius 2 is 2.29 bits per heavy atom. The number of piperazine rings is 1. The van der Waals surface area contributed by atoms with Gasteiger partial charge in [0.15, 0.2) is 0 Å². The number of hydrogen-bond donors (Lipinski definition) is 2. The number of carbonyl (C=O) groups excluding carboxylic acids is 2. The number of nitrogens with one attached hydrogen (secondary N) is 2. The third-order valence-corrected chi connectivity index (χ3v) is 3.69. The maximum atomic E-state index is 12.3. The predicted molar refractivity (Wildman–Crippen MR) is 64.4 cm³/mol. The number of hydrogen-bond acceptors (Lipinski definition) is 3. The molecule has 2 N–H and O–H groups in total. The molecule has 0 spiro atoms. The number of rotatable bonds is 2. The molecule has 2 rings (SSSR count). The molecule has 2 atom stereocenters. The van der Waals surface area contributed by atoms with Crippen LogP contribution in [0, 0.1) is 0 Å². The smallest absolute Gasteiger partial charge is 0.241 e. The normalized spacial score (nSPS) is 29.9. The molecule has 0 bridgehead atoms. The van der Waals surface area contributed by atoms with Crippen LogP contribution in [-0.2, 0) is 9.59 Å². The average Bonchev–Trinajstić information content (AvgIpc) is 2.39. The third kappa shape index (κ3) is 2.77. The van der Waals surface area contributed by atoms with E-state index in [0.29, 0.717) is 12.6 Å². The van der Waals surface area contributed by atoms with Crippen LogP contribution < -0.4 is 10.6 Å². The van der Waals surface area contributed by atoms with E-state index in [2.05, 4.69) is 17.6 Å². The summed E-state index contributed by atoms with van der Waals surface area (Å²) >= 11 is 0. The number of carbonyl (C=O) groups is 2. The SMILES string of the molecule is CCC1CCCCN1C(=O)C1CNC(=O)CN1. The zero-order chi connectivity index (χ0) is 12.3. The Hall–Kier alpha value is -1.10. The van der Waals surface area contributed by atoms with E-state index in [1.54, 1.807) is 0 Å². The lowest BCUT2D eigenvalue weighted by atomic mass is 9.98. The maximum Gasteiger partial charge on any atom is 0.241 e. The van der Waals surface area contributed by atoms with Crippen molar-refractivity contribution >= 4 is 11.8 Å². The summed E-state index contributed by atoms with van der Waals surface area (Å²) in [6.45, 7) is 3.67. The van der Waals surface area contributed by atoms with E-state index in [0.717, 1.165) is 25.8 Å². The zero-order valence-electron chi connectivity index (χ0n) is 10.4. The van der Waals surface area contributed by atoms with Gasteiger partial charge in [0.25, 0.3) is 0 Å². The number of piperidine rings is 1. The minimum absolute atomic E-state index is 0.0280. The molecular formula is C12H21N3O2. The Kier molecular flexibility index (Phi) is 3.99. The van der Waals surface area contributed by atoms with Gasteiger partial charge in [-0.15, -0.1) is 0 Å². The van der Waals surface area contributed by atoms with Crippen molar-refractivity contribution in [2.75, 3.05) is 19.6 Å². The zero-order valence-corrected chi connectivity index (χ0v) is 10.4. The van der Waals surface area contributed by atoms with Gasteiger partial charge >= 0.3 is 0 Å². The van der Waals surface area contributed by atoms with E-state index >= 15 is 0 Å². The number of amides is 2. The highest BCUT2D eigenvalue weighted by atomic mass is 16.2. The summed E-state index contributed by atoms with van der Waals surface area (Å²) < 4.78 is 0. The van der Waals surface area contributed by atoms with Crippen molar-refractivity contribution in [3.63, 3.8) is 0 Å². The van der Waals surface area contributed by atoms with E-state index in [9.17, 15) is 9.59 Å². The van der Waals surface area contributed by atoms with Crippen LogP contribution in [0.5, 0.6) is 0 Å². The van der Waals surface area contributed by atoms with Gasteiger partial charge in [0.05, 0.1) is 6.54 Å². The molecular weight excluding hydrogens is 218 g/mol. The van der Waals surface area contributed by atoms with Crippen molar-refractivity contribution in [1.29, 1.82) is 0 Å². The van der Waals surface area contributed by atoms with Crippen molar-refractivity contribution in [3.8, 4) is 0 Å². The van der Waals surface area contributed by atoms with E-state index in [1.807, 2.05) is 4.90 Å². The van der Waals surface area contributed by atoms with Crippen molar-refractivity contribution in [3.05, 3.63) is 0 Å². The van der Waals surface area contributed by atoms with Gasteiger partial charge in [0, 0.05) is 19.1 Å². The largest absolute Gasteiger partial charge is 0.353 e. The molecule has 2 unspecified atom stereocenters. The molecule has 0 aromatic carbocycles. The molecule has 0 radical (unpaired) electrons. The van der Waals surface area contributed by atoms with Gasteiger partial charge in [0.2, 0.25) is 11.8 Å². The predicted octanol–water partition coefficient (Wildman–Crippen LogP) is -0.134. The number of nitrogens with zero attached hydrogens (tertiary/aromatic N) is 1. The maximum absolute atomic E-state index is 12.3. The van der Waals surface area contributed by atoms with Crippen molar-refractivity contribution in [2.24, 2.45) is 0 Å². The quantitative estimate of drug-likeness (QED) is 0.705. The Morgan fingerprint density at radius 3 is 2.94 bits per heavy atom. The molecule has 2 aliphatic rings. The first-order valence-electron chi connectivity index (χ1n) is 6.53. The first-order chi connectivity index (χ1) is 8.22. The molecule has 2 aliphatic heterocycles. The van der Waals surface area contributed by atoms with Crippen LogP contribution in [0.1, 0.15) is 32.6 Å². The fourth-order valence-corrected chi connectivity index (χ4v) is 2.66. The minimum Gasteiger partial charge on any atom is -0.353 e. The van der Waals surface area contributed by atoms with E-state index in [-0.39, 0.29) is 24.4 Å². The van der Waals surface area contributed by atoms with Crippen molar-refractivity contribution in [1.82, 2.24) is 15.5 Å². The molecule has 2 amide bonds. The first kappa shape index (κ1) is 12.4. The van der Waals surface area contributed by atoms with Gasteiger partial charge in [-0.25, -0.2) is 0 Å². The molecule has 2 fully saturated rings. The van der Waals surface area contributed by atoms with Crippen LogP contribution >= 0.6 is 0 Å². The number of likely N-dealkylation sites (tertiary alicyclic amines) is 1. The highest BCUT2D eigenvalue weighted by molar-refractivity contribution is 5.87. The lowest BCUT2D eigenvalue weighted by molar-refractivity contribution is -0.138. The van der Waals surface area contributed by atoms with Crippen LogP contribution in [0.25, 0.3) is 0 Å².